The summed E-state index contributed by atoms with van der Waals surface area (Å²) in [4.78, 5) is 11.0. The minimum atomic E-state index is -0.541. The lowest BCUT2D eigenvalue weighted by molar-refractivity contribution is -0.142. The van der Waals surface area contributed by atoms with Gasteiger partial charge < -0.3 is 10.5 Å². The van der Waals surface area contributed by atoms with Crippen molar-refractivity contribution in [3.8, 4) is 0 Å². The Morgan fingerprint density at radius 3 is 2.93 bits per heavy atom. The Labute approximate surface area is 81.7 Å². The maximum Gasteiger partial charge on any atom is 0.310 e. The number of carbonyl (C=O) groups excluding carboxylic acids is 1. The number of carbonyl (C=O) groups is 1. The molecule has 0 saturated carbocycles. The van der Waals surface area contributed by atoms with Crippen molar-refractivity contribution in [3.63, 3.8) is 0 Å². The number of nitrogens with two attached hydrogens (primary N) is 1. The average Bonchev–Trinajstić information content (AvgIpc) is 2.13. The first-order valence-corrected chi connectivity index (χ1v) is 4.33. The predicted octanol–water partition coefficient (Wildman–Crippen LogP) is 1.51. The van der Waals surface area contributed by atoms with Gasteiger partial charge in [-0.3, -0.25) is 4.79 Å². The minimum Gasteiger partial charge on any atom is -0.466 e. The van der Waals surface area contributed by atoms with Gasteiger partial charge in [0.15, 0.2) is 0 Å². The van der Waals surface area contributed by atoms with Gasteiger partial charge in [-0.2, -0.15) is 0 Å². The molecule has 0 radical (unpaired) electrons. The first kappa shape index (κ1) is 10.5. The van der Waals surface area contributed by atoms with E-state index < -0.39 is 11.8 Å². The lowest BCUT2D eigenvalue weighted by Crippen LogP contribution is -2.09. The molecule has 1 rings (SSSR count). The van der Waals surface area contributed by atoms with Crippen molar-refractivity contribution >= 4 is 11.7 Å². The average molecular weight is 197 g/mol. The molecule has 2 N–H and O–H groups in total. The van der Waals surface area contributed by atoms with Crippen LogP contribution in [0.2, 0.25) is 0 Å². The smallest absolute Gasteiger partial charge is 0.310 e. The van der Waals surface area contributed by atoms with Gasteiger partial charge in [-0.25, -0.2) is 4.39 Å². The fourth-order valence-electron chi connectivity index (χ4n) is 1.10. The summed E-state index contributed by atoms with van der Waals surface area (Å²) in [7, 11) is 0. The number of anilines is 1. The van der Waals surface area contributed by atoms with Crippen LogP contribution in [0.25, 0.3) is 0 Å². The molecular weight excluding hydrogens is 185 g/mol. The molecule has 0 aliphatic heterocycles. The van der Waals surface area contributed by atoms with E-state index in [9.17, 15) is 9.18 Å². The highest BCUT2D eigenvalue weighted by Crippen LogP contribution is 2.15. The Kier molecular flexibility index (Phi) is 3.45. The molecule has 0 fully saturated rings. The third-order valence-corrected chi connectivity index (χ3v) is 1.75. The highest BCUT2D eigenvalue weighted by Gasteiger charge is 2.10. The molecule has 4 heteroatoms. The van der Waals surface area contributed by atoms with Crippen molar-refractivity contribution < 1.29 is 13.9 Å². The fourth-order valence-corrected chi connectivity index (χ4v) is 1.10. The summed E-state index contributed by atoms with van der Waals surface area (Å²) in [6.07, 6.45) is -0.0787. The molecule has 0 aliphatic rings. The van der Waals surface area contributed by atoms with Crippen molar-refractivity contribution in [1.29, 1.82) is 0 Å². The molecule has 0 unspecified atom stereocenters. The molecule has 0 amide bonds. The van der Waals surface area contributed by atoms with Crippen LogP contribution in [0.5, 0.6) is 0 Å². The van der Waals surface area contributed by atoms with Crippen LogP contribution in [0.4, 0.5) is 10.1 Å². The minimum absolute atomic E-state index is 0.0480. The molecule has 1 aromatic rings. The van der Waals surface area contributed by atoms with Gasteiger partial charge in [0.1, 0.15) is 5.82 Å². The summed E-state index contributed by atoms with van der Waals surface area (Å²) in [6.45, 7) is 2.00. The lowest BCUT2D eigenvalue weighted by Gasteiger charge is -2.04. The highest BCUT2D eigenvalue weighted by atomic mass is 19.1. The van der Waals surface area contributed by atoms with Gasteiger partial charge in [-0.05, 0) is 13.0 Å². The number of halogens is 1. The van der Waals surface area contributed by atoms with E-state index in [4.69, 9.17) is 10.5 Å². The quantitative estimate of drug-likeness (QED) is 0.590. The predicted molar refractivity (Wildman–Crippen MR) is 51.1 cm³/mol. The summed E-state index contributed by atoms with van der Waals surface area (Å²) >= 11 is 0. The number of hydrogen-bond acceptors (Lipinski definition) is 3. The zero-order chi connectivity index (χ0) is 10.6. The number of esters is 1. The van der Waals surface area contributed by atoms with E-state index in [1.807, 2.05) is 0 Å². The van der Waals surface area contributed by atoms with Crippen molar-refractivity contribution in [3.05, 3.63) is 29.6 Å². The van der Waals surface area contributed by atoms with Crippen LogP contribution < -0.4 is 5.73 Å². The van der Waals surface area contributed by atoms with Crippen molar-refractivity contribution in [1.82, 2.24) is 0 Å². The Morgan fingerprint density at radius 2 is 2.29 bits per heavy atom. The molecule has 14 heavy (non-hydrogen) atoms. The van der Waals surface area contributed by atoms with Gasteiger partial charge in [0, 0.05) is 5.56 Å². The molecule has 0 aliphatic carbocycles. The SMILES string of the molecule is CCOC(=O)Cc1cccc(N)c1F. The van der Waals surface area contributed by atoms with Crippen LogP contribution in [-0.4, -0.2) is 12.6 Å². The summed E-state index contributed by atoms with van der Waals surface area (Å²) in [5, 5.41) is 0. The van der Waals surface area contributed by atoms with Gasteiger partial charge in [0.25, 0.3) is 0 Å². The Morgan fingerprint density at radius 1 is 1.57 bits per heavy atom. The normalized spacial score (nSPS) is 9.86. The molecular formula is C10H12FNO2. The van der Waals surface area contributed by atoms with Gasteiger partial charge >= 0.3 is 5.97 Å². The number of rotatable bonds is 3. The Hall–Kier alpha value is -1.58. The summed E-state index contributed by atoms with van der Waals surface area (Å²) in [5.41, 5.74) is 5.66. The van der Waals surface area contributed by atoms with Crippen LogP contribution in [0.15, 0.2) is 18.2 Å². The van der Waals surface area contributed by atoms with Crippen molar-refractivity contribution in [2.75, 3.05) is 12.3 Å². The van der Waals surface area contributed by atoms with E-state index in [1.54, 1.807) is 13.0 Å². The second-order valence-electron chi connectivity index (χ2n) is 2.80. The topological polar surface area (TPSA) is 52.3 Å². The zero-order valence-corrected chi connectivity index (χ0v) is 7.92. The van der Waals surface area contributed by atoms with Crippen LogP contribution in [-0.2, 0) is 16.0 Å². The maximum absolute atomic E-state index is 13.3. The number of benzene rings is 1. The van der Waals surface area contributed by atoms with Gasteiger partial charge in [-0.15, -0.1) is 0 Å². The molecule has 0 saturated heterocycles. The number of nitrogen functional groups attached to an aromatic ring is 1. The Balaban J connectivity index is 2.76. The standard InChI is InChI=1S/C10H12FNO2/c1-2-14-9(13)6-7-4-3-5-8(12)10(7)11/h3-5H,2,6,12H2,1H3. The van der Waals surface area contributed by atoms with Crippen LogP contribution in [0.1, 0.15) is 12.5 Å². The van der Waals surface area contributed by atoms with Crippen LogP contribution in [0, 0.1) is 5.82 Å². The largest absolute Gasteiger partial charge is 0.466 e. The zero-order valence-electron chi connectivity index (χ0n) is 7.92. The Bertz CT molecular complexity index is 339. The van der Waals surface area contributed by atoms with E-state index in [0.29, 0.717) is 6.61 Å². The molecule has 1 aromatic carbocycles. The molecule has 0 heterocycles. The van der Waals surface area contributed by atoms with Crippen molar-refractivity contribution in [2.24, 2.45) is 0 Å². The third-order valence-electron chi connectivity index (χ3n) is 1.75. The summed E-state index contributed by atoms with van der Waals surface area (Å²) in [6, 6.07) is 4.57. The number of ether oxygens (including phenoxy) is 1. The second kappa shape index (κ2) is 4.60. The molecule has 0 spiro atoms. The van der Waals surface area contributed by atoms with E-state index in [2.05, 4.69) is 0 Å². The molecule has 0 aromatic heterocycles. The van der Waals surface area contributed by atoms with Gasteiger partial charge in [0.2, 0.25) is 0 Å². The third kappa shape index (κ3) is 2.45. The first-order valence-electron chi connectivity index (χ1n) is 4.33. The van der Waals surface area contributed by atoms with E-state index >= 15 is 0 Å². The maximum atomic E-state index is 13.3. The summed E-state index contributed by atoms with van der Waals surface area (Å²) < 4.78 is 18.0. The van der Waals surface area contributed by atoms with E-state index in [-0.39, 0.29) is 17.7 Å². The molecule has 0 bridgehead atoms. The van der Waals surface area contributed by atoms with Crippen LogP contribution >= 0.6 is 0 Å². The summed E-state index contributed by atoms with van der Waals surface area (Å²) in [5.74, 6) is -0.988. The fraction of sp³-hybridized carbons (Fsp3) is 0.300. The first-order chi connectivity index (χ1) is 6.65. The molecule has 3 nitrogen and oxygen atoms in total. The van der Waals surface area contributed by atoms with Crippen LogP contribution in [0.3, 0.4) is 0 Å². The van der Waals surface area contributed by atoms with Crippen molar-refractivity contribution in [2.45, 2.75) is 13.3 Å². The molecule has 0 atom stereocenters. The highest BCUT2D eigenvalue weighted by molar-refractivity contribution is 5.73. The van der Waals surface area contributed by atoms with E-state index in [1.165, 1.54) is 12.1 Å². The number of hydrogen-bond donors (Lipinski definition) is 1. The second-order valence-corrected chi connectivity index (χ2v) is 2.80. The monoisotopic (exact) mass is 197 g/mol. The van der Waals surface area contributed by atoms with E-state index in [0.717, 1.165) is 0 Å². The molecule has 76 valence electrons. The van der Waals surface area contributed by atoms with Gasteiger partial charge in [0.05, 0.1) is 18.7 Å². The lowest BCUT2D eigenvalue weighted by atomic mass is 10.1. The van der Waals surface area contributed by atoms with Gasteiger partial charge in [-0.1, -0.05) is 12.1 Å².